The Balaban J connectivity index is 1.90. The highest BCUT2D eigenvalue weighted by Crippen LogP contribution is 2.37. The highest BCUT2D eigenvalue weighted by Gasteiger charge is 2.38. The second-order valence-corrected chi connectivity index (χ2v) is 5.59. The molecule has 2 amide bonds. The number of rotatable bonds is 2. The van der Waals surface area contributed by atoms with Gasteiger partial charge in [0.1, 0.15) is 0 Å². The van der Waals surface area contributed by atoms with Crippen LogP contribution < -0.4 is 10.6 Å². The van der Waals surface area contributed by atoms with E-state index in [1.165, 1.54) is 0 Å². The van der Waals surface area contributed by atoms with E-state index < -0.39 is 5.41 Å². The van der Waals surface area contributed by atoms with Gasteiger partial charge in [0.2, 0.25) is 5.91 Å². The summed E-state index contributed by atoms with van der Waals surface area (Å²) in [7, 11) is 0. The number of benzene rings is 1. The van der Waals surface area contributed by atoms with Gasteiger partial charge in [-0.2, -0.15) is 0 Å². The van der Waals surface area contributed by atoms with Crippen molar-refractivity contribution in [1.29, 1.82) is 0 Å². The molecule has 1 saturated carbocycles. The second kappa shape index (κ2) is 3.57. The fourth-order valence-corrected chi connectivity index (χ4v) is 2.23. The predicted octanol–water partition coefficient (Wildman–Crippen LogP) is 1.81. The van der Waals surface area contributed by atoms with Crippen LogP contribution in [0.5, 0.6) is 0 Å². The third kappa shape index (κ3) is 1.68. The van der Waals surface area contributed by atoms with Crippen LogP contribution in [-0.2, 0) is 10.2 Å². The first-order valence-electron chi connectivity index (χ1n) is 6.25. The average molecular weight is 244 g/mol. The lowest BCUT2D eigenvalue weighted by Crippen LogP contribution is -2.26. The number of nitrogens with one attached hydrogen (secondary N) is 2. The Morgan fingerprint density at radius 3 is 2.78 bits per heavy atom. The monoisotopic (exact) mass is 244 g/mol. The predicted molar refractivity (Wildman–Crippen MR) is 68.6 cm³/mol. The van der Waals surface area contributed by atoms with Crippen LogP contribution in [-0.4, -0.2) is 17.9 Å². The zero-order valence-corrected chi connectivity index (χ0v) is 10.5. The van der Waals surface area contributed by atoms with E-state index in [2.05, 4.69) is 10.6 Å². The first-order valence-corrected chi connectivity index (χ1v) is 6.25. The van der Waals surface area contributed by atoms with E-state index >= 15 is 0 Å². The molecular formula is C14H16N2O2. The van der Waals surface area contributed by atoms with E-state index in [-0.39, 0.29) is 11.8 Å². The summed E-state index contributed by atoms with van der Waals surface area (Å²) in [6.45, 7) is 3.77. The highest BCUT2D eigenvalue weighted by atomic mass is 16.2. The van der Waals surface area contributed by atoms with Gasteiger partial charge in [-0.25, -0.2) is 0 Å². The van der Waals surface area contributed by atoms with E-state index in [0.29, 0.717) is 11.6 Å². The van der Waals surface area contributed by atoms with Crippen molar-refractivity contribution in [1.82, 2.24) is 5.32 Å². The van der Waals surface area contributed by atoms with Crippen molar-refractivity contribution in [3.8, 4) is 0 Å². The molecule has 0 spiro atoms. The summed E-state index contributed by atoms with van der Waals surface area (Å²) in [4.78, 5) is 23.7. The van der Waals surface area contributed by atoms with Crippen molar-refractivity contribution < 1.29 is 9.59 Å². The van der Waals surface area contributed by atoms with Gasteiger partial charge in [0.05, 0.1) is 5.41 Å². The number of carbonyl (C=O) groups excluding carboxylic acids is 2. The lowest BCUT2D eigenvalue weighted by molar-refractivity contribution is -0.119. The summed E-state index contributed by atoms with van der Waals surface area (Å²) in [5.74, 6) is -0.0727. The van der Waals surface area contributed by atoms with Crippen molar-refractivity contribution in [2.75, 3.05) is 5.32 Å². The molecule has 18 heavy (non-hydrogen) atoms. The molecule has 1 aromatic carbocycles. The molecule has 0 radical (unpaired) electrons. The van der Waals surface area contributed by atoms with E-state index in [0.717, 1.165) is 24.1 Å². The first kappa shape index (κ1) is 11.3. The Labute approximate surface area is 106 Å². The van der Waals surface area contributed by atoms with Crippen molar-refractivity contribution in [2.45, 2.75) is 38.1 Å². The molecule has 1 fully saturated rings. The molecular weight excluding hydrogens is 228 g/mol. The number of hydrogen-bond donors (Lipinski definition) is 2. The largest absolute Gasteiger partial charge is 0.349 e. The van der Waals surface area contributed by atoms with Crippen LogP contribution in [0.3, 0.4) is 0 Å². The maximum absolute atomic E-state index is 11.9. The lowest BCUT2D eigenvalue weighted by atomic mass is 9.86. The summed E-state index contributed by atoms with van der Waals surface area (Å²) in [5, 5.41) is 5.77. The minimum atomic E-state index is -0.513. The lowest BCUT2D eigenvalue weighted by Gasteiger charge is -2.14. The summed E-state index contributed by atoms with van der Waals surface area (Å²) < 4.78 is 0. The summed E-state index contributed by atoms with van der Waals surface area (Å²) >= 11 is 0. The number of fused-ring (bicyclic) bond motifs is 1. The molecule has 3 rings (SSSR count). The fraction of sp³-hybridized carbons (Fsp3) is 0.429. The summed E-state index contributed by atoms with van der Waals surface area (Å²) in [5.41, 5.74) is 1.81. The highest BCUT2D eigenvalue weighted by molar-refractivity contribution is 6.07. The molecule has 2 N–H and O–H groups in total. The van der Waals surface area contributed by atoms with E-state index in [1.54, 1.807) is 12.1 Å². The SMILES string of the molecule is CC1(C)C(=O)Nc2cc(C(=O)NC3CC3)ccc21. The van der Waals surface area contributed by atoms with Gasteiger partial charge in [-0.05, 0) is 44.4 Å². The van der Waals surface area contributed by atoms with Crippen molar-refractivity contribution in [3.05, 3.63) is 29.3 Å². The standard InChI is InChI=1S/C14H16N2O2/c1-14(2)10-6-3-8(7-11(10)16-13(14)18)12(17)15-9-4-5-9/h3,6-7,9H,4-5H2,1-2H3,(H,15,17)(H,16,18). The van der Waals surface area contributed by atoms with E-state index in [9.17, 15) is 9.59 Å². The molecule has 4 nitrogen and oxygen atoms in total. The third-order valence-corrected chi connectivity index (χ3v) is 3.68. The molecule has 1 aliphatic carbocycles. The molecule has 1 aliphatic heterocycles. The minimum Gasteiger partial charge on any atom is -0.349 e. The molecule has 94 valence electrons. The summed E-state index contributed by atoms with van der Waals surface area (Å²) in [6, 6.07) is 5.77. The van der Waals surface area contributed by atoms with E-state index in [4.69, 9.17) is 0 Å². The third-order valence-electron chi connectivity index (χ3n) is 3.68. The van der Waals surface area contributed by atoms with Crippen LogP contribution in [0.4, 0.5) is 5.69 Å². The van der Waals surface area contributed by atoms with Crippen molar-refractivity contribution in [2.24, 2.45) is 0 Å². The van der Waals surface area contributed by atoms with Gasteiger partial charge in [-0.1, -0.05) is 6.07 Å². The van der Waals surface area contributed by atoms with Crippen LogP contribution in [0.15, 0.2) is 18.2 Å². The van der Waals surface area contributed by atoms with Gasteiger partial charge >= 0.3 is 0 Å². The molecule has 1 heterocycles. The van der Waals surface area contributed by atoms with Gasteiger partial charge in [-0.15, -0.1) is 0 Å². The normalized spacial score (nSPS) is 20.2. The van der Waals surface area contributed by atoms with Gasteiger partial charge in [0.15, 0.2) is 0 Å². The molecule has 0 saturated heterocycles. The number of amides is 2. The second-order valence-electron chi connectivity index (χ2n) is 5.59. The molecule has 0 bridgehead atoms. The Bertz CT molecular complexity index is 545. The number of anilines is 1. The Hall–Kier alpha value is -1.84. The number of hydrogen-bond acceptors (Lipinski definition) is 2. The Morgan fingerprint density at radius 1 is 1.39 bits per heavy atom. The Kier molecular flexibility index (Phi) is 2.24. The smallest absolute Gasteiger partial charge is 0.251 e. The topological polar surface area (TPSA) is 58.2 Å². The van der Waals surface area contributed by atoms with Crippen LogP contribution in [0.1, 0.15) is 42.6 Å². The fourth-order valence-electron chi connectivity index (χ4n) is 2.23. The van der Waals surface area contributed by atoms with Crippen LogP contribution in [0.2, 0.25) is 0 Å². The molecule has 0 atom stereocenters. The summed E-state index contributed by atoms with van der Waals surface area (Å²) in [6.07, 6.45) is 2.14. The van der Waals surface area contributed by atoms with Gasteiger partial charge < -0.3 is 10.6 Å². The van der Waals surface area contributed by atoms with Gasteiger partial charge in [0, 0.05) is 17.3 Å². The van der Waals surface area contributed by atoms with Crippen molar-refractivity contribution in [3.63, 3.8) is 0 Å². The number of carbonyl (C=O) groups is 2. The zero-order valence-electron chi connectivity index (χ0n) is 10.5. The van der Waals surface area contributed by atoms with Crippen LogP contribution >= 0.6 is 0 Å². The minimum absolute atomic E-state index is 0.0164. The molecule has 1 aromatic rings. The van der Waals surface area contributed by atoms with Gasteiger partial charge in [0.25, 0.3) is 5.91 Å². The zero-order chi connectivity index (χ0) is 12.9. The quantitative estimate of drug-likeness (QED) is 0.833. The maximum atomic E-state index is 11.9. The Morgan fingerprint density at radius 2 is 2.11 bits per heavy atom. The first-order chi connectivity index (χ1) is 8.48. The van der Waals surface area contributed by atoms with Gasteiger partial charge in [-0.3, -0.25) is 9.59 Å². The average Bonchev–Trinajstić information content (AvgIpc) is 3.08. The van der Waals surface area contributed by atoms with Crippen molar-refractivity contribution >= 4 is 17.5 Å². The molecule has 0 unspecified atom stereocenters. The molecule has 0 aromatic heterocycles. The van der Waals surface area contributed by atoms with E-state index in [1.807, 2.05) is 19.9 Å². The molecule has 4 heteroatoms. The van der Waals surface area contributed by atoms with Crippen LogP contribution in [0, 0.1) is 0 Å². The van der Waals surface area contributed by atoms with Crippen LogP contribution in [0.25, 0.3) is 0 Å². The maximum Gasteiger partial charge on any atom is 0.251 e. The molecule has 2 aliphatic rings.